The molecule has 0 bridgehead atoms. The van der Waals surface area contributed by atoms with Crippen LogP contribution in [0.4, 0.5) is 0 Å². The van der Waals surface area contributed by atoms with E-state index in [-0.39, 0.29) is 30.2 Å². The van der Waals surface area contributed by atoms with E-state index in [4.69, 9.17) is 40.9 Å². The maximum atomic E-state index is 12.0. The number of fused-ring (bicyclic) bond motifs is 3. The van der Waals surface area contributed by atoms with Gasteiger partial charge in [-0.2, -0.15) is 0 Å². The van der Waals surface area contributed by atoms with Crippen LogP contribution in [0.1, 0.15) is 131 Å². The summed E-state index contributed by atoms with van der Waals surface area (Å²) in [7, 11) is -1.02. The molecule has 0 radical (unpaired) electrons. The first-order valence-electron chi connectivity index (χ1n) is 18.3. The Morgan fingerprint density at radius 3 is 1.27 bits per heavy atom. The highest BCUT2D eigenvalue weighted by Gasteiger charge is 2.54. The molecule has 0 N–H and O–H groups in total. The van der Waals surface area contributed by atoms with Crippen LogP contribution in [0, 0.1) is 25.1 Å². The second-order valence-corrected chi connectivity index (χ2v) is 16.2. The highest BCUT2D eigenvalue weighted by atomic mass is 16.7. The summed E-state index contributed by atoms with van der Waals surface area (Å²) in [5.74, 6) is -0.766. The Kier molecular flexibility index (Phi) is 11.3. The zero-order chi connectivity index (χ0) is 37.2. The van der Waals surface area contributed by atoms with Crippen LogP contribution in [-0.2, 0) is 43.1 Å². The number of esters is 2. The first-order chi connectivity index (χ1) is 24.0. The van der Waals surface area contributed by atoms with E-state index in [9.17, 15) is 9.59 Å². The van der Waals surface area contributed by atoms with Crippen molar-refractivity contribution < 1.29 is 37.7 Å². The van der Waals surface area contributed by atoms with Crippen molar-refractivity contribution >= 4 is 37.1 Å². The van der Waals surface area contributed by atoms with Gasteiger partial charge < -0.3 is 28.1 Å². The van der Waals surface area contributed by atoms with E-state index in [1.54, 1.807) is 0 Å². The molecule has 0 unspecified atom stereocenters. The first-order valence-corrected chi connectivity index (χ1v) is 18.3. The van der Waals surface area contributed by atoms with Crippen molar-refractivity contribution in [3.05, 3.63) is 47.5 Å². The second kappa shape index (κ2) is 14.8. The minimum atomic E-state index is -0.508. The summed E-state index contributed by atoms with van der Waals surface area (Å²) in [5.41, 5.74) is 4.50. The van der Waals surface area contributed by atoms with E-state index in [1.165, 1.54) is 22.3 Å². The third-order valence-electron chi connectivity index (χ3n) is 11.8. The number of hydrogen-bond donors (Lipinski definition) is 0. The molecule has 3 aliphatic rings. The molecule has 5 rings (SSSR count). The maximum Gasteiger partial charge on any atom is 0.494 e. The number of ether oxygens (including phenoxy) is 2. The van der Waals surface area contributed by atoms with Gasteiger partial charge in [-0.05, 0) is 114 Å². The van der Waals surface area contributed by atoms with Gasteiger partial charge in [0.2, 0.25) is 0 Å². The summed E-state index contributed by atoms with van der Waals surface area (Å²) in [5, 5.41) is 0. The van der Waals surface area contributed by atoms with E-state index in [2.05, 4.69) is 91.8 Å². The van der Waals surface area contributed by atoms with Crippen molar-refractivity contribution in [2.75, 3.05) is 0 Å². The standard InChI is InChI=1S/C41H52B2O8/c1-11-46-35(44)19-15-13-17-25-41(26-18-14-16-20-36(45)47-12-2)33-27-29(42-48-37(3,4)38(5,6)49-42)21-23-31(33)32-24-22-30(28-34(32)41)43-50-39(7,8)40(9,10)51-43/h1-2,21-24,27-28H,13-20,25-26H2,3-10H3. The fraction of sp³-hybridized carbons (Fsp3) is 0.561. The van der Waals surface area contributed by atoms with Crippen LogP contribution in [0.3, 0.4) is 0 Å². The lowest BCUT2D eigenvalue weighted by atomic mass is 9.67. The van der Waals surface area contributed by atoms with Crippen LogP contribution >= 0.6 is 0 Å². The van der Waals surface area contributed by atoms with Gasteiger partial charge in [0.1, 0.15) is 12.2 Å². The van der Waals surface area contributed by atoms with E-state index in [1.807, 2.05) is 12.2 Å². The molecule has 1 aliphatic carbocycles. The average Bonchev–Trinajstić information content (AvgIpc) is 3.54. The van der Waals surface area contributed by atoms with Crippen molar-refractivity contribution in [2.24, 2.45) is 0 Å². The lowest BCUT2D eigenvalue weighted by molar-refractivity contribution is -0.137. The second-order valence-electron chi connectivity index (χ2n) is 16.2. The third kappa shape index (κ3) is 7.81. The molecular formula is C41H52B2O8. The maximum absolute atomic E-state index is 12.0. The van der Waals surface area contributed by atoms with E-state index in [0.717, 1.165) is 49.5 Å². The number of carbonyl (C=O) groups excluding carboxylic acids is 2. The van der Waals surface area contributed by atoms with Crippen molar-refractivity contribution in [1.82, 2.24) is 0 Å². The lowest BCUT2D eigenvalue weighted by Crippen LogP contribution is -2.41. The number of hydrogen-bond acceptors (Lipinski definition) is 8. The SMILES string of the molecule is C#COC(=O)CCCCCC1(CCCCCC(=O)OC#C)c2cc(B3OC(C)(C)C(C)(C)O3)ccc2-c2ccc(B3OC(C)(C)C(C)(C)O3)cc21. The van der Waals surface area contributed by atoms with Crippen LogP contribution in [0.5, 0.6) is 0 Å². The third-order valence-corrected chi connectivity index (χ3v) is 11.8. The van der Waals surface area contributed by atoms with Crippen LogP contribution in [-0.4, -0.2) is 48.6 Å². The van der Waals surface area contributed by atoms with Gasteiger partial charge in [-0.3, -0.25) is 9.59 Å². The predicted molar refractivity (Wildman–Crippen MR) is 200 cm³/mol. The van der Waals surface area contributed by atoms with Gasteiger partial charge in [0.15, 0.2) is 0 Å². The summed E-state index contributed by atoms with van der Waals surface area (Å²) in [6, 6.07) is 13.2. The Bertz CT molecular complexity index is 1560. The van der Waals surface area contributed by atoms with E-state index < -0.39 is 36.6 Å². The highest BCUT2D eigenvalue weighted by Crippen LogP contribution is 2.54. The number of carbonyl (C=O) groups is 2. The first kappa shape index (κ1) is 38.7. The topological polar surface area (TPSA) is 89.5 Å². The highest BCUT2D eigenvalue weighted by molar-refractivity contribution is 6.62. The Balaban J connectivity index is 1.54. The Labute approximate surface area is 305 Å². The molecular weight excluding hydrogens is 642 g/mol. The molecule has 2 saturated heterocycles. The molecule has 0 spiro atoms. The number of benzene rings is 2. The Morgan fingerprint density at radius 1 is 0.588 bits per heavy atom. The predicted octanol–water partition coefficient (Wildman–Crippen LogP) is 6.72. The normalized spacial score (nSPS) is 19.9. The van der Waals surface area contributed by atoms with Crippen LogP contribution < -0.4 is 10.9 Å². The minimum Gasteiger partial charge on any atom is -0.399 e. The zero-order valence-electron chi connectivity index (χ0n) is 31.6. The molecule has 0 aromatic heterocycles. The van der Waals surface area contributed by atoms with Crippen LogP contribution in [0.15, 0.2) is 36.4 Å². The summed E-state index contributed by atoms with van der Waals surface area (Å²) in [6.45, 7) is 16.5. The summed E-state index contributed by atoms with van der Waals surface area (Å²) in [4.78, 5) is 24.0. The summed E-state index contributed by atoms with van der Waals surface area (Å²) in [6.07, 6.45) is 21.3. The molecule has 0 amide bonds. The van der Waals surface area contributed by atoms with Gasteiger partial charge in [0, 0.05) is 18.3 Å². The van der Waals surface area contributed by atoms with Gasteiger partial charge >= 0.3 is 26.2 Å². The number of unbranched alkanes of at least 4 members (excludes halogenated alkanes) is 4. The van der Waals surface area contributed by atoms with Gasteiger partial charge in [-0.25, -0.2) is 0 Å². The quantitative estimate of drug-likeness (QED) is 0.0933. The summed E-state index contributed by atoms with van der Waals surface area (Å²) >= 11 is 0. The molecule has 2 aromatic carbocycles. The van der Waals surface area contributed by atoms with Crippen molar-refractivity contribution in [2.45, 2.75) is 147 Å². The van der Waals surface area contributed by atoms with Crippen molar-refractivity contribution in [3.63, 3.8) is 0 Å². The molecule has 8 nitrogen and oxygen atoms in total. The molecule has 0 saturated carbocycles. The van der Waals surface area contributed by atoms with Gasteiger partial charge in [0.05, 0.1) is 22.4 Å². The van der Waals surface area contributed by atoms with Crippen LogP contribution in [0.25, 0.3) is 11.1 Å². The fourth-order valence-corrected chi connectivity index (χ4v) is 7.42. The van der Waals surface area contributed by atoms with Crippen molar-refractivity contribution in [1.29, 1.82) is 0 Å². The Morgan fingerprint density at radius 2 is 0.941 bits per heavy atom. The van der Waals surface area contributed by atoms with Gasteiger partial charge in [-0.1, -0.05) is 74.9 Å². The fourth-order valence-electron chi connectivity index (χ4n) is 7.42. The van der Waals surface area contributed by atoms with Crippen LogP contribution in [0.2, 0.25) is 0 Å². The van der Waals surface area contributed by atoms with E-state index in [0.29, 0.717) is 12.8 Å². The van der Waals surface area contributed by atoms with Gasteiger partial charge in [-0.15, -0.1) is 0 Å². The smallest absolute Gasteiger partial charge is 0.399 e. The van der Waals surface area contributed by atoms with Crippen molar-refractivity contribution in [3.8, 4) is 36.2 Å². The molecule has 10 heteroatoms. The lowest BCUT2D eigenvalue weighted by Gasteiger charge is -2.33. The monoisotopic (exact) mass is 694 g/mol. The molecule has 0 atom stereocenters. The van der Waals surface area contributed by atoms with Gasteiger partial charge in [0.25, 0.3) is 0 Å². The Hall–Kier alpha value is -3.53. The zero-order valence-corrected chi connectivity index (χ0v) is 31.6. The molecule has 2 aliphatic heterocycles. The number of rotatable bonds is 14. The van der Waals surface area contributed by atoms with E-state index >= 15 is 0 Å². The summed E-state index contributed by atoms with van der Waals surface area (Å²) < 4.78 is 35.5. The molecule has 2 fully saturated rings. The molecule has 270 valence electrons. The number of terminal acetylenes is 2. The largest absolute Gasteiger partial charge is 0.494 e. The molecule has 51 heavy (non-hydrogen) atoms. The molecule has 2 aromatic rings. The average molecular weight is 694 g/mol. The minimum absolute atomic E-state index is 0.274. The molecule has 2 heterocycles.